The molecule has 0 heterocycles. The second-order valence-corrected chi connectivity index (χ2v) is 3.91. The average molecular weight is 216 g/mol. The van der Waals surface area contributed by atoms with Crippen LogP contribution in [-0.4, -0.2) is 44.7 Å². The summed E-state index contributed by atoms with van der Waals surface area (Å²) in [5.41, 5.74) is 5.33. The molecule has 0 aliphatic rings. The molecular weight excluding hydrogens is 192 g/mol. The lowest BCUT2D eigenvalue weighted by Gasteiger charge is -2.33. The molecule has 0 aromatic rings. The first kappa shape index (κ1) is 14.4. The Bertz CT molecular complexity index is 183. The van der Waals surface area contributed by atoms with Crippen molar-refractivity contribution in [2.45, 2.75) is 26.7 Å². The van der Waals surface area contributed by atoms with Gasteiger partial charge in [0.1, 0.15) is 0 Å². The minimum atomic E-state index is -0.386. The summed E-state index contributed by atoms with van der Waals surface area (Å²) in [6.45, 7) is 5.63. The molecule has 0 bridgehead atoms. The Morgan fingerprint density at radius 1 is 1.40 bits per heavy atom. The van der Waals surface area contributed by atoms with Gasteiger partial charge in [-0.25, -0.2) is 0 Å². The predicted molar refractivity (Wildman–Crippen MR) is 61.6 cm³/mol. The zero-order chi connectivity index (χ0) is 11.9. The molecule has 0 radical (unpaired) electrons. The molecule has 1 amide bonds. The van der Waals surface area contributed by atoms with Crippen LogP contribution in [0.25, 0.3) is 0 Å². The van der Waals surface area contributed by atoms with E-state index in [1.54, 1.807) is 19.1 Å². The van der Waals surface area contributed by atoms with Crippen molar-refractivity contribution in [1.82, 2.24) is 4.90 Å². The quantitative estimate of drug-likeness (QED) is 0.686. The molecule has 15 heavy (non-hydrogen) atoms. The van der Waals surface area contributed by atoms with E-state index in [4.69, 9.17) is 10.5 Å². The van der Waals surface area contributed by atoms with Crippen molar-refractivity contribution >= 4 is 5.91 Å². The van der Waals surface area contributed by atoms with Crippen molar-refractivity contribution < 1.29 is 9.53 Å². The minimum absolute atomic E-state index is 0.132. The molecule has 0 saturated carbocycles. The molecule has 0 saturated heterocycles. The smallest absolute Gasteiger partial charge is 0.229 e. The van der Waals surface area contributed by atoms with Crippen LogP contribution in [0.1, 0.15) is 26.7 Å². The van der Waals surface area contributed by atoms with Gasteiger partial charge in [0, 0.05) is 27.2 Å². The highest BCUT2D eigenvalue weighted by Gasteiger charge is 2.35. The van der Waals surface area contributed by atoms with Crippen molar-refractivity contribution in [2.24, 2.45) is 11.1 Å². The highest BCUT2D eigenvalue weighted by molar-refractivity contribution is 5.82. The van der Waals surface area contributed by atoms with Gasteiger partial charge in [0.2, 0.25) is 5.91 Å². The van der Waals surface area contributed by atoms with Gasteiger partial charge in [0.05, 0.1) is 12.0 Å². The number of ether oxygens (including phenoxy) is 1. The van der Waals surface area contributed by atoms with Gasteiger partial charge < -0.3 is 15.4 Å². The van der Waals surface area contributed by atoms with Crippen LogP contribution in [0.2, 0.25) is 0 Å². The summed E-state index contributed by atoms with van der Waals surface area (Å²) in [6, 6.07) is 0. The number of carbonyl (C=O) groups is 1. The number of likely N-dealkylation sites (N-methyl/N-ethyl adjacent to an activating group) is 1. The predicted octanol–water partition coefficient (Wildman–Crippen LogP) is 0.856. The van der Waals surface area contributed by atoms with Crippen LogP contribution in [0.4, 0.5) is 0 Å². The van der Waals surface area contributed by atoms with E-state index >= 15 is 0 Å². The van der Waals surface area contributed by atoms with Crippen LogP contribution in [0.3, 0.4) is 0 Å². The third-order valence-electron chi connectivity index (χ3n) is 3.18. The third-order valence-corrected chi connectivity index (χ3v) is 3.18. The molecule has 0 fully saturated rings. The molecule has 2 N–H and O–H groups in total. The monoisotopic (exact) mass is 216 g/mol. The number of carbonyl (C=O) groups excluding carboxylic acids is 1. The average Bonchev–Trinajstić information content (AvgIpc) is 2.28. The number of methoxy groups -OCH3 is 1. The number of amides is 1. The van der Waals surface area contributed by atoms with Gasteiger partial charge in [0.15, 0.2) is 0 Å². The number of hydrogen-bond donors (Lipinski definition) is 1. The number of rotatable bonds is 7. The molecule has 0 spiro atoms. The standard InChI is InChI=1S/C11H24N2O2/c1-5-11(6-2,9-12)10(14)13(3)7-8-15-4/h5-9,12H2,1-4H3. The van der Waals surface area contributed by atoms with Crippen molar-refractivity contribution in [3.8, 4) is 0 Å². The summed E-state index contributed by atoms with van der Waals surface area (Å²) in [7, 11) is 3.44. The van der Waals surface area contributed by atoms with Crippen molar-refractivity contribution in [3.05, 3.63) is 0 Å². The highest BCUT2D eigenvalue weighted by atomic mass is 16.5. The van der Waals surface area contributed by atoms with E-state index in [-0.39, 0.29) is 11.3 Å². The molecule has 4 heteroatoms. The van der Waals surface area contributed by atoms with E-state index in [9.17, 15) is 4.79 Å². The fourth-order valence-corrected chi connectivity index (χ4v) is 1.66. The van der Waals surface area contributed by atoms with Crippen molar-refractivity contribution in [3.63, 3.8) is 0 Å². The van der Waals surface area contributed by atoms with Crippen LogP contribution in [0.15, 0.2) is 0 Å². The van der Waals surface area contributed by atoms with E-state index < -0.39 is 0 Å². The highest BCUT2D eigenvalue weighted by Crippen LogP contribution is 2.27. The first-order valence-electron chi connectivity index (χ1n) is 5.52. The van der Waals surface area contributed by atoms with E-state index in [0.717, 1.165) is 12.8 Å². The van der Waals surface area contributed by atoms with Gasteiger partial charge in [-0.15, -0.1) is 0 Å². The Morgan fingerprint density at radius 3 is 2.27 bits per heavy atom. The Morgan fingerprint density at radius 2 is 1.93 bits per heavy atom. The van der Waals surface area contributed by atoms with Crippen LogP contribution in [0, 0.1) is 5.41 Å². The summed E-state index contributed by atoms with van der Waals surface area (Å²) in [6.07, 6.45) is 1.58. The van der Waals surface area contributed by atoms with Crippen LogP contribution < -0.4 is 5.73 Å². The summed E-state index contributed by atoms with van der Waals surface area (Å²) in [5, 5.41) is 0. The van der Waals surface area contributed by atoms with Crippen LogP contribution >= 0.6 is 0 Å². The molecule has 0 atom stereocenters. The molecule has 0 rings (SSSR count). The van der Waals surface area contributed by atoms with Gasteiger partial charge in [0.25, 0.3) is 0 Å². The topological polar surface area (TPSA) is 55.6 Å². The Kier molecular flexibility index (Phi) is 6.52. The summed E-state index contributed by atoms with van der Waals surface area (Å²) in [5.74, 6) is 0.132. The summed E-state index contributed by atoms with van der Waals surface area (Å²) < 4.78 is 4.95. The van der Waals surface area contributed by atoms with Crippen molar-refractivity contribution in [1.29, 1.82) is 0 Å². The fraction of sp³-hybridized carbons (Fsp3) is 0.909. The Balaban J connectivity index is 4.49. The van der Waals surface area contributed by atoms with Gasteiger partial charge >= 0.3 is 0 Å². The van der Waals surface area contributed by atoms with Gasteiger partial charge in [-0.3, -0.25) is 4.79 Å². The first-order valence-corrected chi connectivity index (χ1v) is 5.52. The largest absolute Gasteiger partial charge is 0.383 e. The summed E-state index contributed by atoms with van der Waals surface area (Å²) >= 11 is 0. The lowest BCUT2D eigenvalue weighted by molar-refractivity contribution is -0.141. The van der Waals surface area contributed by atoms with E-state index in [0.29, 0.717) is 19.7 Å². The van der Waals surface area contributed by atoms with Gasteiger partial charge in [-0.2, -0.15) is 0 Å². The molecule has 0 aromatic heterocycles. The number of hydrogen-bond acceptors (Lipinski definition) is 3. The van der Waals surface area contributed by atoms with Crippen molar-refractivity contribution in [2.75, 3.05) is 33.9 Å². The second kappa shape index (κ2) is 6.80. The molecule has 0 aliphatic heterocycles. The maximum Gasteiger partial charge on any atom is 0.229 e. The fourth-order valence-electron chi connectivity index (χ4n) is 1.66. The van der Waals surface area contributed by atoms with Gasteiger partial charge in [-0.05, 0) is 12.8 Å². The maximum atomic E-state index is 12.2. The normalized spacial score (nSPS) is 11.5. The third kappa shape index (κ3) is 3.47. The first-order chi connectivity index (χ1) is 7.07. The number of nitrogens with zero attached hydrogens (tertiary/aromatic N) is 1. The second-order valence-electron chi connectivity index (χ2n) is 3.91. The maximum absolute atomic E-state index is 12.2. The van der Waals surface area contributed by atoms with Crippen LogP contribution in [0.5, 0.6) is 0 Å². The zero-order valence-corrected chi connectivity index (χ0v) is 10.4. The zero-order valence-electron chi connectivity index (χ0n) is 10.4. The molecule has 0 aromatic carbocycles. The molecule has 4 nitrogen and oxygen atoms in total. The lowest BCUT2D eigenvalue weighted by Crippen LogP contribution is -2.46. The van der Waals surface area contributed by atoms with E-state index in [2.05, 4.69) is 0 Å². The lowest BCUT2D eigenvalue weighted by atomic mass is 9.81. The summed E-state index contributed by atoms with van der Waals surface area (Å²) in [4.78, 5) is 13.9. The Labute approximate surface area is 92.8 Å². The van der Waals surface area contributed by atoms with Crippen LogP contribution in [-0.2, 0) is 9.53 Å². The molecular formula is C11H24N2O2. The van der Waals surface area contributed by atoms with E-state index in [1.165, 1.54) is 0 Å². The Hall–Kier alpha value is -0.610. The molecule has 0 unspecified atom stereocenters. The minimum Gasteiger partial charge on any atom is -0.383 e. The SMILES string of the molecule is CCC(CC)(CN)C(=O)N(C)CCOC. The molecule has 0 aliphatic carbocycles. The van der Waals surface area contributed by atoms with Gasteiger partial charge in [-0.1, -0.05) is 13.8 Å². The molecule has 90 valence electrons. The van der Waals surface area contributed by atoms with E-state index in [1.807, 2.05) is 13.8 Å². The number of nitrogens with two attached hydrogens (primary N) is 1.